The van der Waals surface area contributed by atoms with Gasteiger partial charge in [0, 0.05) is 11.1 Å². The van der Waals surface area contributed by atoms with E-state index in [1.54, 1.807) is 11.8 Å². The van der Waals surface area contributed by atoms with Crippen molar-refractivity contribution in [2.24, 2.45) is 10.7 Å². The highest BCUT2D eigenvalue weighted by molar-refractivity contribution is 8.14. The molecule has 2 aromatic rings. The molecule has 116 valence electrons. The van der Waals surface area contributed by atoms with E-state index >= 15 is 0 Å². The molecular weight excluding hydrogens is 312 g/mol. The molecule has 0 aliphatic carbocycles. The van der Waals surface area contributed by atoms with Gasteiger partial charge in [0.15, 0.2) is 5.17 Å². The summed E-state index contributed by atoms with van der Waals surface area (Å²) in [4.78, 5) is 4.54. The topological polar surface area (TPSA) is 38.4 Å². The van der Waals surface area contributed by atoms with Gasteiger partial charge in [-0.25, -0.2) is 0 Å². The molecule has 0 saturated carbocycles. The fraction of sp³-hybridized carbons (Fsp3) is 0.278. The first kappa shape index (κ1) is 16.9. The minimum absolute atomic E-state index is 0.117. The van der Waals surface area contributed by atoms with Gasteiger partial charge < -0.3 is 5.73 Å². The summed E-state index contributed by atoms with van der Waals surface area (Å²) in [5.74, 6) is 0. The van der Waals surface area contributed by atoms with Crippen molar-refractivity contribution in [1.29, 1.82) is 0 Å². The lowest BCUT2D eigenvalue weighted by atomic mass is 10.0. The Balaban J connectivity index is 2.30. The number of hydrogen-bond acceptors (Lipinski definition) is 2. The third kappa shape index (κ3) is 4.79. The second-order valence-corrected chi connectivity index (χ2v) is 6.75. The maximum Gasteiger partial charge on any atom is 0.155 e. The number of benzene rings is 2. The van der Waals surface area contributed by atoms with Gasteiger partial charge in [-0.1, -0.05) is 72.8 Å². The number of thioether (sulfide) groups is 1. The van der Waals surface area contributed by atoms with Gasteiger partial charge in [-0.3, -0.25) is 4.99 Å². The molecule has 0 heterocycles. The third-order valence-corrected chi connectivity index (χ3v) is 4.83. The van der Waals surface area contributed by atoms with E-state index in [-0.39, 0.29) is 11.3 Å². The SMILES string of the molecule is CC[C@H](C)N=C(N)S[C@H](c1ccccc1)c1ccc(Cl)cc1. The standard InChI is InChI=1S/C18H21ClN2S/c1-3-13(2)21-18(20)22-17(14-7-5-4-6-8-14)15-9-11-16(19)12-10-15/h4-13,17H,3H2,1-2H3,(H2,20,21)/t13-,17+/m0/s1. The van der Waals surface area contributed by atoms with Gasteiger partial charge in [0.1, 0.15) is 0 Å². The van der Waals surface area contributed by atoms with Gasteiger partial charge in [0.05, 0.1) is 5.25 Å². The van der Waals surface area contributed by atoms with Gasteiger partial charge in [0.2, 0.25) is 0 Å². The molecule has 2 N–H and O–H groups in total. The van der Waals surface area contributed by atoms with Crippen LogP contribution in [-0.4, -0.2) is 11.2 Å². The van der Waals surface area contributed by atoms with Gasteiger partial charge >= 0.3 is 0 Å². The van der Waals surface area contributed by atoms with Crippen LogP contribution in [0.3, 0.4) is 0 Å². The van der Waals surface area contributed by atoms with Crippen molar-refractivity contribution in [3.8, 4) is 0 Å². The molecule has 2 rings (SSSR count). The van der Waals surface area contributed by atoms with Crippen LogP contribution in [0.25, 0.3) is 0 Å². The lowest BCUT2D eigenvalue weighted by molar-refractivity contribution is 0.718. The Kier molecular flexibility index (Phi) is 6.34. The highest BCUT2D eigenvalue weighted by Crippen LogP contribution is 2.36. The van der Waals surface area contributed by atoms with Crippen LogP contribution in [0, 0.1) is 0 Å². The Morgan fingerprint density at radius 2 is 1.68 bits per heavy atom. The lowest BCUT2D eigenvalue weighted by Gasteiger charge is -2.18. The molecule has 0 bridgehead atoms. The summed E-state index contributed by atoms with van der Waals surface area (Å²) in [6.07, 6.45) is 0.984. The maximum absolute atomic E-state index is 6.14. The zero-order chi connectivity index (χ0) is 15.9. The summed E-state index contributed by atoms with van der Waals surface area (Å²) in [5.41, 5.74) is 8.52. The van der Waals surface area contributed by atoms with E-state index in [2.05, 4.69) is 31.0 Å². The molecular formula is C18H21ClN2S. The second-order valence-electron chi connectivity index (χ2n) is 5.18. The first-order valence-electron chi connectivity index (χ1n) is 7.40. The van der Waals surface area contributed by atoms with Gasteiger partial charge in [-0.05, 0) is 36.6 Å². The van der Waals surface area contributed by atoms with E-state index in [1.807, 2.05) is 42.5 Å². The van der Waals surface area contributed by atoms with Crippen molar-refractivity contribution in [3.05, 3.63) is 70.7 Å². The number of halogens is 1. The molecule has 0 unspecified atom stereocenters. The fourth-order valence-corrected chi connectivity index (χ4v) is 3.25. The molecule has 0 aromatic heterocycles. The normalized spacial score (nSPS) is 14.6. The van der Waals surface area contributed by atoms with E-state index in [0.29, 0.717) is 5.17 Å². The number of aliphatic imine (C=N–C) groups is 1. The average molecular weight is 333 g/mol. The van der Waals surface area contributed by atoms with E-state index in [0.717, 1.165) is 11.4 Å². The van der Waals surface area contributed by atoms with Crippen LogP contribution in [0.1, 0.15) is 36.6 Å². The molecule has 0 aliphatic rings. The summed E-state index contributed by atoms with van der Waals surface area (Å²) in [5, 5.41) is 1.48. The lowest BCUT2D eigenvalue weighted by Crippen LogP contribution is -2.13. The van der Waals surface area contributed by atoms with Crippen LogP contribution in [0.15, 0.2) is 59.6 Å². The van der Waals surface area contributed by atoms with Crippen LogP contribution < -0.4 is 5.73 Å². The Labute approximate surface area is 141 Å². The minimum Gasteiger partial charge on any atom is -0.379 e. The smallest absolute Gasteiger partial charge is 0.155 e. The van der Waals surface area contributed by atoms with Gasteiger partial charge in [-0.15, -0.1) is 0 Å². The van der Waals surface area contributed by atoms with E-state index in [4.69, 9.17) is 17.3 Å². The molecule has 0 fully saturated rings. The van der Waals surface area contributed by atoms with Gasteiger partial charge in [-0.2, -0.15) is 0 Å². The highest BCUT2D eigenvalue weighted by atomic mass is 35.5. The first-order valence-corrected chi connectivity index (χ1v) is 8.66. The molecule has 0 spiro atoms. The molecule has 2 atom stereocenters. The van der Waals surface area contributed by atoms with Crippen LogP contribution in [-0.2, 0) is 0 Å². The van der Waals surface area contributed by atoms with Gasteiger partial charge in [0.25, 0.3) is 0 Å². The molecule has 4 heteroatoms. The van der Waals surface area contributed by atoms with Crippen LogP contribution in [0.4, 0.5) is 0 Å². The predicted molar refractivity (Wildman–Crippen MR) is 98.7 cm³/mol. The number of nitrogens with two attached hydrogens (primary N) is 1. The molecule has 2 nitrogen and oxygen atoms in total. The largest absolute Gasteiger partial charge is 0.379 e. The number of hydrogen-bond donors (Lipinski definition) is 1. The molecule has 22 heavy (non-hydrogen) atoms. The maximum atomic E-state index is 6.14. The third-order valence-electron chi connectivity index (χ3n) is 3.45. The van der Waals surface area contributed by atoms with E-state index < -0.39 is 0 Å². The van der Waals surface area contributed by atoms with E-state index in [1.165, 1.54) is 11.1 Å². The van der Waals surface area contributed by atoms with Crippen molar-refractivity contribution in [2.75, 3.05) is 0 Å². The van der Waals surface area contributed by atoms with Crippen molar-refractivity contribution in [3.63, 3.8) is 0 Å². The summed E-state index contributed by atoms with van der Waals surface area (Å²) >= 11 is 7.59. The van der Waals surface area contributed by atoms with E-state index in [9.17, 15) is 0 Å². The van der Waals surface area contributed by atoms with Crippen LogP contribution in [0.2, 0.25) is 5.02 Å². The van der Waals surface area contributed by atoms with Crippen LogP contribution >= 0.6 is 23.4 Å². The zero-order valence-corrected chi connectivity index (χ0v) is 14.4. The second kappa shape index (κ2) is 8.25. The molecule has 0 amide bonds. The Bertz CT molecular complexity index is 611. The molecule has 0 radical (unpaired) electrons. The highest BCUT2D eigenvalue weighted by Gasteiger charge is 2.17. The number of amidine groups is 1. The first-order chi connectivity index (χ1) is 10.6. The van der Waals surface area contributed by atoms with Crippen molar-refractivity contribution >= 4 is 28.5 Å². The molecule has 0 aliphatic heterocycles. The molecule has 2 aromatic carbocycles. The predicted octanol–water partition coefficient (Wildman–Crippen LogP) is 5.28. The zero-order valence-electron chi connectivity index (χ0n) is 12.9. The fourth-order valence-electron chi connectivity index (χ4n) is 2.05. The minimum atomic E-state index is 0.117. The van der Waals surface area contributed by atoms with Crippen LogP contribution in [0.5, 0.6) is 0 Å². The van der Waals surface area contributed by atoms with Crippen molar-refractivity contribution in [1.82, 2.24) is 0 Å². The summed E-state index contributed by atoms with van der Waals surface area (Å²) < 4.78 is 0. The Morgan fingerprint density at radius 3 is 2.27 bits per heavy atom. The Hall–Kier alpha value is -1.45. The van der Waals surface area contributed by atoms with Crippen molar-refractivity contribution < 1.29 is 0 Å². The number of nitrogens with zero attached hydrogens (tertiary/aromatic N) is 1. The molecule has 0 saturated heterocycles. The number of rotatable bonds is 5. The summed E-state index contributed by atoms with van der Waals surface area (Å²) in [6.45, 7) is 4.19. The Morgan fingerprint density at radius 1 is 1.09 bits per heavy atom. The summed E-state index contributed by atoms with van der Waals surface area (Å²) in [7, 11) is 0. The quantitative estimate of drug-likeness (QED) is 0.598. The van der Waals surface area contributed by atoms with Crippen molar-refractivity contribution in [2.45, 2.75) is 31.6 Å². The summed E-state index contributed by atoms with van der Waals surface area (Å²) in [6, 6.07) is 18.5. The average Bonchev–Trinajstić information content (AvgIpc) is 2.54. The monoisotopic (exact) mass is 332 g/mol.